The van der Waals surface area contributed by atoms with Crippen LogP contribution in [0.25, 0.3) is 0 Å². The van der Waals surface area contributed by atoms with Crippen molar-refractivity contribution in [3.63, 3.8) is 0 Å². The lowest BCUT2D eigenvalue weighted by Crippen LogP contribution is -2.33. The van der Waals surface area contributed by atoms with Crippen LogP contribution in [0, 0.1) is 11.3 Å². The number of rotatable bonds is 1. The molecule has 0 aromatic heterocycles. The molecule has 0 bridgehead atoms. The van der Waals surface area contributed by atoms with Crippen LogP contribution in [0.3, 0.4) is 0 Å². The molecule has 1 aliphatic heterocycles. The molecular formula is C12H12N2OS. The van der Waals surface area contributed by atoms with Gasteiger partial charge >= 0.3 is 0 Å². The predicted molar refractivity (Wildman–Crippen MR) is 64.1 cm³/mol. The first kappa shape index (κ1) is 11.0. The van der Waals surface area contributed by atoms with Gasteiger partial charge in [-0.05, 0) is 25.1 Å². The molecule has 1 aliphatic rings. The molecule has 1 fully saturated rings. The zero-order chi connectivity index (χ0) is 11.5. The maximum atomic E-state index is 12.1. The summed E-state index contributed by atoms with van der Waals surface area (Å²) in [5.41, 5.74) is 1.14. The third-order valence-electron chi connectivity index (χ3n) is 2.63. The number of nitriles is 1. The van der Waals surface area contributed by atoms with Crippen LogP contribution in [-0.4, -0.2) is 28.5 Å². The van der Waals surface area contributed by atoms with Gasteiger partial charge in [0.05, 0.1) is 17.0 Å². The van der Waals surface area contributed by atoms with Crippen molar-refractivity contribution in [1.29, 1.82) is 5.26 Å². The van der Waals surface area contributed by atoms with Crippen molar-refractivity contribution >= 4 is 17.7 Å². The van der Waals surface area contributed by atoms with Gasteiger partial charge in [-0.25, -0.2) is 0 Å². The van der Waals surface area contributed by atoms with Crippen LogP contribution in [-0.2, 0) is 0 Å². The fourth-order valence-corrected chi connectivity index (χ4v) is 2.77. The summed E-state index contributed by atoms with van der Waals surface area (Å²) >= 11 is 1.78. The summed E-state index contributed by atoms with van der Waals surface area (Å²) in [5, 5.41) is 9.02. The Bertz CT molecular complexity index is 453. The summed E-state index contributed by atoms with van der Waals surface area (Å²) in [4.78, 5) is 14.0. The van der Waals surface area contributed by atoms with Gasteiger partial charge < -0.3 is 4.90 Å². The van der Waals surface area contributed by atoms with E-state index in [0.29, 0.717) is 11.1 Å². The van der Waals surface area contributed by atoms with E-state index in [9.17, 15) is 4.79 Å². The van der Waals surface area contributed by atoms with Crippen LogP contribution in [0.4, 0.5) is 0 Å². The average Bonchev–Trinajstić information content (AvgIpc) is 2.74. The minimum atomic E-state index is 0.0228. The third kappa shape index (κ3) is 2.05. The zero-order valence-electron chi connectivity index (χ0n) is 9.01. The number of carbonyl (C=O) groups is 1. The molecule has 1 unspecified atom stereocenters. The second-order valence-electron chi connectivity index (χ2n) is 3.66. The molecule has 1 atom stereocenters. The molecule has 0 radical (unpaired) electrons. The van der Waals surface area contributed by atoms with Gasteiger partial charge in [-0.2, -0.15) is 5.26 Å². The van der Waals surface area contributed by atoms with Crippen molar-refractivity contribution < 1.29 is 4.79 Å². The van der Waals surface area contributed by atoms with E-state index in [2.05, 4.69) is 0 Å². The molecule has 4 heteroatoms. The second kappa shape index (κ2) is 4.58. The van der Waals surface area contributed by atoms with Crippen molar-refractivity contribution in [3.8, 4) is 6.07 Å². The largest absolute Gasteiger partial charge is 0.326 e. The number of hydrogen-bond donors (Lipinski definition) is 0. The number of benzene rings is 1. The maximum absolute atomic E-state index is 12.1. The van der Waals surface area contributed by atoms with Crippen LogP contribution in [0.2, 0.25) is 0 Å². The van der Waals surface area contributed by atoms with Crippen LogP contribution in [0.15, 0.2) is 24.3 Å². The van der Waals surface area contributed by atoms with Crippen molar-refractivity contribution in [2.45, 2.75) is 12.3 Å². The molecule has 0 spiro atoms. The van der Waals surface area contributed by atoms with Gasteiger partial charge in [0.15, 0.2) is 0 Å². The summed E-state index contributed by atoms with van der Waals surface area (Å²) in [6, 6.07) is 8.92. The van der Waals surface area contributed by atoms with Crippen LogP contribution in [0.1, 0.15) is 22.8 Å². The summed E-state index contributed by atoms with van der Waals surface area (Å²) in [5.74, 6) is 1.01. The summed E-state index contributed by atoms with van der Waals surface area (Å²) in [6.45, 7) is 2.82. The minimum Gasteiger partial charge on any atom is -0.326 e. The molecule has 3 nitrogen and oxygen atoms in total. The molecular weight excluding hydrogens is 220 g/mol. The van der Waals surface area contributed by atoms with E-state index in [1.54, 1.807) is 36.0 Å². The van der Waals surface area contributed by atoms with Crippen molar-refractivity contribution in [3.05, 3.63) is 35.4 Å². The Balaban J connectivity index is 2.24. The van der Waals surface area contributed by atoms with Gasteiger partial charge in [0.25, 0.3) is 5.91 Å². The topological polar surface area (TPSA) is 44.1 Å². The number of hydrogen-bond acceptors (Lipinski definition) is 3. The molecule has 0 N–H and O–H groups in total. The summed E-state index contributed by atoms with van der Waals surface area (Å²) in [7, 11) is 0. The van der Waals surface area contributed by atoms with E-state index < -0.39 is 0 Å². The van der Waals surface area contributed by atoms with Crippen LogP contribution >= 0.6 is 11.8 Å². The first-order valence-corrected chi connectivity index (χ1v) is 6.20. The maximum Gasteiger partial charge on any atom is 0.254 e. The Morgan fingerprint density at radius 1 is 1.62 bits per heavy atom. The fraction of sp³-hybridized carbons (Fsp3) is 0.333. The number of nitrogens with zero attached hydrogens (tertiary/aromatic N) is 2. The van der Waals surface area contributed by atoms with E-state index >= 15 is 0 Å². The molecule has 1 heterocycles. The highest BCUT2D eigenvalue weighted by Gasteiger charge is 2.26. The highest BCUT2D eigenvalue weighted by atomic mass is 32.2. The quantitative estimate of drug-likeness (QED) is 0.744. The fourth-order valence-electron chi connectivity index (χ4n) is 1.75. The van der Waals surface area contributed by atoms with Crippen LogP contribution < -0.4 is 0 Å². The van der Waals surface area contributed by atoms with Gasteiger partial charge in [0.1, 0.15) is 0 Å². The Kier molecular flexibility index (Phi) is 3.16. The second-order valence-corrected chi connectivity index (χ2v) is 5.09. The van der Waals surface area contributed by atoms with Gasteiger partial charge in [-0.1, -0.05) is 6.07 Å². The Labute approximate surface area is 99.1 Å². The van der Waals surface area contributed by atoms with Crippen LogP contribution in [0.5, 0.6) is 0 Å². The number of amides is 1. The molecule has 0 aliphatic carbocycles. The lowest BCUT2D eigenvalue weighted by molar-refractivity contribution is 0.0768. The van der Waals surface area contributed by atoms with Gasteiger partial charge in [-0.15, -0.1) is 11.8 Å². The highest BCUT2D eigenvalue weighted by molar-refractivity contribution is 8.00. The van der Waals surface area contributed by atoms with Crippen molar-refractivity contribution in [2.75, 3.05) is 12.3 Å². The lowest BCUT2D eigenvalue weighted by atomic mass is 10.1. The predicted octanol–water partition coefficient (Wildman–Crippen LogP) is 2.09. The first-order valence-electron chi connectivity index (χ1n) is 5.15. The monoisotopic (exact) mass is 232 g/mol. The molecule has 82 valence electrons. The van der Waals surface area contributed by atoms with Gasteiger partial charge in [0.2, 0.25) is 0 Å². The van der Waals surface area contributed by atoms with E-state index in [-0.39, 0.29) is 11.3 Å². The minimum absolute atomic E-state index is 0.0228. The molecule has 1 amide bonds. The first-order chi connectivity index (χ1) is 7.72. The smallest absolute Gasteiger partial charge is 0.254 e. The number of carbonyl (C=O) groups excluding carboxylic acids is 1. The Hall–Kier alpha value is -1.47. The zero-order valence-corrected chi connectivity index (χ0v) is 9.83. The highest BCUT2D eigenvalue weighted by Crippen LogP contribution is 2.24. The van der Waals surface area contributed by atoms with Crippen molar-refractivity contribution in [2.24, 2.45) is 0 Å². The molecule has 2 rings (SSSR count). The van der Waals surface area contributed by atoms with E-state index in [0.717, 1.165) is 12.3 Å². The standard InChI is InChI=1S/C12H12N2OS/c1-9-14(5-6-16-9)12(15)11-4-2-3-10(7-11)8-13/h2-4,7,9H,5-6H2,1H3. The Morgan fingerprint density at radius 3 is 3.06 bits per heavy atom. The molecule has 1 saturated heterocycles. The normalized spacial score (nSPS) is 19.5. The molecule has 1 aromatic carbocycles. The molecule has 0 saturated carbocycles. The van der Waals surface area contributed by atoms with Gasteiger partial charge in [0, 0.05) is 17.9 Å². The van der Waals surface area contributed by atoms with E-state index in [1.807, 2.05) is 17.9 Å². The van der Waals surface area contributed by atoms with Gasteiger partial charge in [-0.3, -0.25) is 4.79 Å². The lowest BCUT2D eigenvalue weighted by Gasteiger charge is -2.20. The van der Waals surface area contributed by atoms with E-state index in [1.165, 1.54) is 0 Å². The van der Waals surface area contributed by atoms with Crippen molar-refractivity contribution in [1.82, 2.24) is 4.90 Å². The third-order valence-corrected chi connectivity index (χ3v) is 3.78. The Morgan fingerprint density at radius 2 is 2.44 bits per heavy atom. The SMILES string of the molecule is CC1SCCN1C(=O)c1cccc(C#N)c1. The number of thioether (sulfide) groups is 1. The summed E-state index contributed by atoms with van der Waals surface area (Å²) in [6.07, 6.45) is 0. The van der Waals surface area contributed by atoms with E-state index in [4.69, 9.17) is 5.26 Å². The average molecular weight is 232 g/mol. The molecule has 16 heavy (non-hydrogen) atoms. The summed E-state index contributed by atoms with van der Waals surface area (Å²) < 4.78 is 0. The molecule has 1 aromatic rings.